The molecule has 0 radical (unpaired) electrons. The predicted octanol–water partition coefficient (Wildman–Crippen LogP) is 3.14. The number of para-hydroxylation sites is 1. The second kappa shape index (κ2) is 4.65. The van der Waals surface area contributed by atoms with Crippen molar-refractivity contribution in [3.63, 3.8) is 0 Å². The first-order chi connectivity index (χ1) is 9.31. The molecule has 96 valence electrons. The molecule has 2 heterocycles. The zero-order valence-corrected chi connectivity index (χ0v) is 10.6. The first kappa shape index (κ1) is 11.6. The number of nitrogens with one attached hydrogen (secondary N) is 1. The molecule has 1 N–H and O–H groups in total. The number of nitrogens with zero attached hydrogens (tertiary/aromatic N) is 1. The van der Waals surface area contributed by atoms with Gasteiger partial charge in [-0.25, -0.2) is 4.79 Å². The standard InChI is InChI=1S/C15H14N2O2/c1-2-19-15(18)13-14(17-9-5-6-10-17)11-7-3-4-8-12(11)16-13/h3-10,16H,2H2,1H3. The van der Waals surface area contributed by atoms with Crippen LogP contribution in [0.5, 0.6) is 0 Å². The van der Waals surface area contributed by atoms with E-state index in [1.165, 1.54) is 0 Å². The lowest BCUT2D eigenvalue weighted by atomic mass is 10.2. The molecule has 0 aliphatic rings. The summed E-state index contributed by atoms with van der Waals surface area (Å²) in [4.78, 5) is 15.2. The molecule has 0 aliphatic carbocycles. The summed E-state index contributed by atoms with van der Waals surface area (Å²) in [5, 5.41) is 1.00. The third-order valence-electron chi connectivity index (χ3n) is 3.02. The maximum Gasteiger partial charge on any atom is 0.356 e. The Balaban J connectivity index is 2.26. The maximum atomic E-state index is 12.1. The summed E-state index contributed by atoms with van der Waals surface area (Å²) in [5.74, 6) is -0.331. The second-order valence-electron chi connectivity index (χ2n) is 4.20. The van der Waals surface area contributed by atoms with Gasteiger partial charge in [0.2, 0.25) is 0 Å². The number of aromatic nitrogens is 2. The van der Waals surface area contributed by atoms with Gasteiger partial charge in [0, 0.05) is 23.3 Å². The summed E-state index contributed by atoms with van der Waals surface area (Å²) in [6.45, 7) is 2.16. The number of hydrogen-bond donors (Lipinski definition) is 1. The van der Waals surface area contributed by atoms with Crippen molar-refractivity contribution in [2.45, 2.75) is 6.92 Å². The second-order valence-corrected chi connectivity index (χ2v) is 4.20. The largest absolute Gasteiger partial charge is 0.461 e. The number of ether oxygens (including phenoxy) is 1. The van der Waals surface area contributed by atoms with Crippen LogP contribution in [0.15, 0.2) is 48.8 Å². The molecule has 0 unspecified atom stereocenters. The quantitative estimate of drug-likeness (QED) is 0.730. The minimum atomic E-state index is -0.331. The fourth-order valence-corrected chi connectivity index (χ4v) is 2.23. The first-order valence-corrected chi connectivity index (χ1v) is 6.22. The van der Waals surface area contributed by atoms with E-state index < -0.39 is 0 Å². The van der Waals surface area contributed by atoms with Gasteiger partial charge in [0.15, 0.2) is 0 Å². The van der Waals surface area contributed by atoms with Crippen molar-refractivity contribution < 1.29 is 9.53 Å². The third kappa shape index (κ3) is 1.91. The van der Waals surface area contributed by atoms with Crippen molar-refractivity contribution in [1.29, 1.82) is 0 Å². The van der Waals surface area contributed by atoms with E-state index in [1.807, 2.05) is 53.4 Å². The topological polar surface area (TPSA) is 47.0 Å². The summed E-state index contributed by atoms with van der Waals surface area (Å²) in [6, 6.07) is 11.7. The fraction of sp³-hybridized carbons (Fsp3) is 0.133. The van der Waals surface area contributed by atoms with Gasteiger partial charge in [-0.05, 0) is 25.1 Å². The van der Waals surface area contributed by atoms with Gasteiger partial charge in [0.25, 0.3) is 0 Å². The zero-order valence-electron chi connectivity index (χ0n) is 10.6. The summed E-state index contributed by atoms with van der Waals surface area (Å²) < 4.78 is 7.03. The Labute approximate surface area is 110 Å². The number of hydrogen-bond acceptors (Lipinski definition) is 2. The minimum Gasteiger partial charge on any atom is -0.461 e. The highest BCUT2D eigenvalue weighted by Gasteiger charge is 2.19. The zero-order chi connectivity index (χ0) is 13.2. The van der Waals surface area contributed by atoms with Crippen molar-refractivity contribution in [2.75, 3.05) is 6.61 Å². The van der Waals surface area contributed by atoms with Crippen LogP contribution in [0.4, 0.5) is 0 Å². The molecule has 0 atom stereocenters. The van der Waals surface area contributed by atoms with Crippen molar-refractivity contribution in [2.24, 2.45) is 0 Å². The molecule has 0 bridgehead atoms. The van der Waals surface area contributed by atoms with E-state index in [1.54, 1.807) is 6.92 Å². The molecule has 4 nitrogen and oxygen atoms in total. The van der Waals surface area contributed by atoms with Crippen molar-refractivity contribution in [3.8, 4) is 5.69 Å². The normalized spacial score (nSPS) is 10.8. The van der Waals surface area contributed by atoms with E-state index in [0.717, 1.165) is 16.6 Å². The Bertz CT molecular complexity index is 711. The Hall–Kier alpha value is -2.49. The van der Waals surface area contributed by atoms with Crippen molar-refractivity contribution in [1.82, 2.24) is 9.55 Å². The molecular weight excluding hydrogens is 240 g/mol. The summed E-state index contributed by atoms with van der Waals surface area (Å²) in [5.41, 5.74) is 2.24. The first-order valence-electron chi connectivity index (χ1n) is 6.22. The SMILES string of the molecule is CCOC(=O)c1[nH]c2ccccc2c1-n1cccc1. The molecule has 0 amide bonds. The predicted molar refractivity (Wildman–Crippen MR) is 73.6 cm³/mol. The van der Waals surface area contributed by atoms with Gasteiger partial charge >= 0.3 is 5.97 Å². The average Bonchev–Trinajstić information content (AvgIpc) is 3.05. The van der Waals surface area contributed by atoms with Gasteiger partial charge in [-0.3, -0.25) is 0 Å². The van der Waals surface area contributed by atoms with Crippen LogP contribution < -0.4 is 0 Å². The Morgan fingerprint density at radius 3 is 2.68 bits per heavy atom. The number of fused-ring (bicyclic) bond motifs is 1. The van der Waals surface area contributed by atoms with E-state index in [0.29, 0.717) is 12.3 Å². The Kier molecular flexibility index (Phi) is 2.83. The number of esters is 1. The van der Waals surface area contributed by atoms with Gasteiger partial charge < -0.3 is 14.3 Å². The van der Waals surface area contributed by atoms with E-state index >= 15 is 0 Å². The van der Waals surface area contributed by atoms with E-state index in [-0.39, 0.29) is 5.97 Å². The summed E-state index contributed by atoms with van der Waals surface area (Å²) in [6.07, 6.45) is 3.83. The minimum absolute atomic E-state index is 0.331. The van der Waals surface area contributed by atoms with Gasteiger partial charge in [-0.1, -0.05) is 18.2 Å². The van der Waals surface area contributed by atoms with Crippen LogP contribution in [0.2, 0.25) is 0 Å². The highest BCUT2D eigenvalue weighted by atomic mass is 16.5. The molecule has 19 heavy (non-hydrogen) atoms. The number of aromatic amines is 1. The molecule has 1 aromatic carbocycles. The molecule has 2 aromatic heterocycles. The van der Waals surface area contributed by atoms with Crippen LogP contribution in [0.25, 0.3) is 16.6 Å². The van der Waals surface area contributed by atoms with Crippen LogP contribution in [-0.4, -0.2) is 22.1 Å². The van der Waals surface area contributed by atoms with Gasteiger partial charge in [-0.2, -0.15) is 0 Å². The lowest BCUT2D eigenvalue weighted by Gasteiger charge is -2.05. The molecular formula is C15H14N2O2. The number of carbonyl (C=O) groups is 1. The van der Waals surface area contributed by atoms with Crippen LogP contribution >= 0.6 is 0 Å². The lowest BCUT2D eigenvalue weighted by Crippen LogP contribution is -2.08. The van der Waals surface area contributed by atoms with Crippen molar-refractivity contribution >= 4 is 16.9 Å². The molecule has 4 heteroatoms. The maximum absolute atomic E-state index is 12.1. The van der Waals surface area contributed by atoms with E-state index in [4.69, 9.17) is 4.74 Å². The third-order valence-corrected chi connectivity index (χ3v) is 3.02. The molecule has 0 saturated carbocycles. The fourth-order valence-electron chi connectivity index (χ4n) is 2.23. The van der Waals surface area contributed by atoms with Gasteiger partial charge in [0.1, 0.15) is 5.69 Å². The number of carbonyl (C=O) groups excluding carboxylic acids is 1. The highest BCUT2D eigenvalue weighted by molar-refractivity contribution is 6.02. The average molecular weight is 254 g/mol. The summed E-state index contributed by atoms with van der Waals surface area (Å²) >= 11 is 0. The smallest absolute Gasteiger partial charge is 0.356 e. The van der Waals surface area contributed by atoms with Crippen LogP contribution in [0.3, 0.4) is 0 Å². The Morgan fingerprint density at radius 2 is 1.95 bits per heavy atom. The molecule has 0 spiro atoms. The molecule has 3 aromatic rings. The Morgan fingerprint density at radius 1 is 1.21 bits per heavy atom. The monoisotopic (exact) mass is 254 g/mol. The van der Waals surface area contributed by atoms with E-state index in [9.17, 15) is 4.79 Å². The number of benzene rings is 1. The lowest BCUT2D eigenvalue weighted by molar-refractivity contribution is 0.0520. The van der Waals surface area contributed by atoms with Crippen molar-refractivity contribution in [3.05, 3.63) is 54.5 Å². The van der Waals surface area contributed by atoms with Crippen LogP contribution in [0, 0.1) is 0 Å². The molecule has 0 saturated heterocycles. The summed E-state index contributed by atoms with van der Waals surface area (Å²) in [7, 11) is 0. The van der Waals surface area contributed by atoms with Crippen LogP contribution in [-0.2, 0) is 4.74 Å². The molecule has 3 rings (SSSR count). The van der Waals surface area contributed by atoms with E-state index in [2.05, 4.69) is 4.98 Å². The highest BCUT2D eigenvalue weighted by Crippen LogP contribution is 2.26. The van der Waals surface area contributed by atoms with Gasteiger partial charge in [-0.15, -0.1) is 0 Å². The van der Waals surface area contributed by atoms with Gasteiger partial charge in [0.05, 0.1) is 12.3 Å². The van der Waals surface area contributed by atoms with Crippen LogP contribution in [0.1, 0.15) is 17.4 Å². The number of rotatable bonds is 3. The molecule has 0 fully saturated rings. The number of H-pyrrole nitrogens is 1. The molecule has 0 aliphatic heterocycles.